The molecule has 132 valence electrons. The average molecular weight is 475 g/mol. The van der Waals surface area contributed by atoms with Crippen molar-refractivity contribution < 1.29 is 19.1 Å². The van der Waals surface area contributed by atoms with Crippen molar-refractivity contribution in [2.24, 2.45) is 5.16 Å². The molecule has 2 aromatic rings. The van der Waals surface area contributed by atoms with E-state index in [1.54, 1.807) is 12.1 Å². The van der Waals surface area contributed by atoms with E-state index >= 15 is 0 Å². The molecule has 6 nitrogen and oxygen atoms in total. The molecule has 0 aliphatic rings. The van der Waals surface area contributed by atoms with Gasteiger partial charge in [0.15, 0.2) is 18.1 Å². The first-order valence-corrected chi connectivity index (χ1v) is 8.61. The van der Waals surface area contributed by atoms with Gasteiger partial charge < -0.3 is 19.6 Å². The number of hydrogen-bond donors (Lipinski definition) is 1. The van der Waals surface area contributed by atoms with E-state index in [1.807, 2.05) is 24.3 Å². The summed E-state index contributed by atoms with van der Waals surface area (Å²) in [6.07, 6.45) is 1.44. The van der Waals surface area contributed by atoms with Crippen LogP contribution in [0.25, 0.3) is 0 Å². The van der Waals surface area contributed by atoms with Gasteiger partial charge >= 0.3 is 0 Å². The van der Waals surface area contributed by atoms with Crippen molar-refractivity contribution in [3.63, 3.8) is 0 Å². The second-order valence-corrected chi connectivity index (χ2v) is 6.45. The monoisotopic (exact) mass is 474 g/mol. The summed E-state index contributed by atoms with van der Waals surface area (Å²) in [5, 5.41) is 6.87. The topological polar surface area (TPSA) is 69.2 Å². The summed E-state index contributed by atoms with van der Waals surface area (Å²) in [6, 6.07) is 10.8. The van der Waals surface area contributed by atoms with Crippen LogP contribution in [0.5, 0.6) is 11.5 Å². The molecule has 8 heteroatoms. The molecule has 0 aliphatic carbocycles. The van der Waals surface area contributed by atoms with Crippen molar-refractivity contribution in [2.75, 3.05) is 26.1 Å². The molecule has 0 heterocycles. The van der Waals surface area contributed by atoms with Crippen LogP contribution < -0.4 is 14.8 Å². The highest BCUT2D eigenvalue weighted by Gasteiger charge is 2.10. The van der Waals surface area contributed by atoms with Crippen LogP contribution in [0.1, 0.15) is 5.56 Å². The first-order valence-electron chi connectivity index (χ1n) is 7.15. The number of carbonyl (C=O) groups excluding carboxylic acids is 1. The van der Waals surface area contributed by atoms with Gasteiger partial charge in [-0.1, -0.05) is 16.8 Å². The molecule has 0 spiro atoms. The summed E-state index contributed by atoms with van der Waals surface area (Å²) < 4.78 is 11.4. The zero-order chi connectivity index (χ0) is 18.2. The quantitative estimate of drug-likeness (QED) is 0.375. The van der Waals surface area contributed by atoms with Crippen LogP contribution in [0, 0.1) is 3.57 Å². The zero-order valence-electron chi connectivity index (χ0n) is 13.6. The van der Waals surface area contributed by atoms with Gasteiger partial charge in [-0.15, -0.1) is 0 Å². The number of anilines is 1. The third-order valence-electron chi connectivity index (χ3n) is 3.06. The minimum Gasteiger partial charge on any atom is -0.493 e. The van der Waals surface area contributed by atoms with E-state index in [4.69, 9.17) is 25.9 Å². The van der Waals surface area contributed by atoms with Crippen LogP contribution in [0.4, 0.5) is 5.69 Å². The highest BCUT2D eigenvalue weighted by Crippen LogP contribution is 2.35. The number of methoxy groups -OCH3 is 2. The van der Waals surface area contributed by atoms with Crippen LogP contribution in [0.3, 0.4) is 0 Å². The number of carbonyl (C=O) groups is 1. The molecule has 0 saturated carbocycles. The fourth-order valence-corrected chi connectivity index (χ4v) is 2.59. The smallest absolute Gasteiger partial charge is 0.265 e. The molecule has 1 amide bonds. The van der Waals surface area contributed by atoms with Crippen molar-refractivity contribution in [1.82, 2.24) is 0 Å². The minimum atomic E-state index is -0.302. The molecule has 1 N–H and O–H groups in total. The number of rotatable bonds is 7. The fourth-order valence-electron chi connectivity index (χ4n) is 1.94. The lowest BCUT2D eigenvalue weighted by Crippen LogP contribution is -2.16. The standard InChI is InChI=1S/C17H16ClIN2O4/c1-23-15-8-11(7-14(18)17(15)24-2)9-20-25-10-16(22)21-13-5-3-12(19)4-6-13/h3-9H,10H2,1-2H3,(H,21,22)/b20-9+. The number of benzene rings is 2. The summed E-state index contributed by atoms with van der Waals surface area (Å²) in [5.41, 5.74) is 1.35. The van der Waals surface area contributed by atoms with Crippen LogP contribution in [-0.2, 0) is 9.63 Å². The van der Waals surface area contributed by atoms with E-state index in [-0.39, 0.29) is 12.5 Å². The average Bonchev–Trinajstić information content (AvgIpc) is 2.60. The molecule has 2 rings (SSSR count). The van der Waals surface area contributed by atoms with E-state index in [2.05, 4.69) is 33.1 Å². The summed E-state index contributed by atoms with van der Waals surface area (Å²) in [4.78, 5) is 16.8. The van der Waals surface area contributed by atoms with Crippen molar-refractivity contribution >= 4 is 52.0 Å². The Morgan fingerprint density at radius 1 is 1.24 bits per heavy atom. The van der Waals surface area contributed by atoms with E-state index < -0.39 is 0 Å². The molecule has 0 aliphatic heterocycles. The largest absolute Gasteiger partial charge is 0.493 e. The SMILES string of the molecule is COc1cc(/C=N/OCC(=O)Nc2ccc(I)cc2)cc(Cl)c1OC. The molecule has 0 bridgehead atoms. The van der Waals surface area contributed by atoms with E-state index in [1.165, 1.54) is 20.4 Å². The molecule has 0 unspecified atom stereocenters. The van der Waals surface area contributed by atoms with Crippen molar-refractivity contribution in [1.29, 1.82) is 0 Å². The maximum atomic E-state index is 11.8. The van der Waals surface area contributed by atoms with Gasteiger partial charge in [0.25, 0.3) is 5.91 Å². The van der Waals surface area contributed by atoms with Crippen LogP contribution >= 0.6 is 34.2 Å². The minimum absolute atomic E-state index is 0.205. The van der Waals surface area contributed by atoms with E-state index in [9.17, 15) is 4.79 Å². The van der Waals surface area contributed by atoms with Gasteiger partial charge in [-0.05, 0) is 59.0 Å². The third kappa shape index (κ3) is 5.79. The first kappa shape index (κ1) is 19.3. The van der Waals surface area contributed by atoms with Crippen LogP contribution in [0.2, 0.25) is 5.02 Å². The molecule has 0 saturated heterocycles. The number of nitrogens with zero attached hydrogens (tertiary/aromatic N) is 1. The second kappa shape index (κ2) is 9.47. The number of halogens is 2. The van der Waals surface area contributed by atoms with Gasteiger partial charge in [-0.25, -0.2) is 0 Å². The molecule has 2 aromatic carbocycles. The summed E-state index contributed by atoms with van der Waals surface area (Å²) in [7, 11) is 3.02. The van der Waals surface area contributed by atoms with Crippen molar-refractivity contribution in [2.45, 2.75) is 0 Å². The van der Waals surface area contributed by atoms with Crippen molar-refractivity contribution in [3.8, 4) is 11.5 Å². The molecular weight excluding hydrogens is 459 g/mol. The summed E-state index contributed by atoms with van der Waals surface area (Å²) in [5.74, 6) is 0.621. The number of oxime groups is 1. The first-order chi connectivity index (χ1) is 12.0. The molecule has 0 atom stereocenters. The van der Waals surface area contributed by atoms with Gasteiger partial charge in [0.05, 0.1) is 25.5 Å². The Morgan fingerprint density at radius 2 is 1.96 bits per heavy atom. The molecule has 0 aromatic heterocycles. The zero-order valence-corrected chi connectivity index (χ0v) is 16.5. The van der Waals surface area contributed by atoms with Crippen LogP contribution in [0.15, 0.2) is 41.6 Å². The summed E-state index contributed by atoms with van der Waals surface area (Å²) in [6.45, 7) is -0.205. The molecular formula is C17H16ClIN2O4. The lowest BCUT2D eigenvalue weighted by atomic mass is 10.2. The normalized spacial score (nSPS) is 10.6. The Bertz CT molecular complexity index is 766. The molecule has 25 heavy (non-hydrogen) atoms. The highest BCUT2D eigenvalue weighted by atomic mass is 127. The Balaban J connectivity index is 1.89. The van der Waals surface area contributed by atoms with Gasteiger partial charge in [-0.3, -0.25) is 4.79 Å². The third-order valence-corrected chi connectivity index (χ3v) is 4.06. The number of amides is 1. The Kier molecular flexibility index (Phi) is 7.32. The maximum Gasteiger partial charge on any atom is 0.265 e. The second-order valence-electron chi connectivity index (χ2n) is 4.80. The van der Waals surface area contributed by atoms with Gasteiger partial charge in [-0.2, -0.15) is 0 Å². The number of nitrogens with one attached hydrogen (secondary N) is 1. The number of hydrogen-bond acceptors (Lipinski definition) is 5. The van der Waals surface area contributed by atoms with E-state index in [0.29, 0.717) is 27.8 Å². The predicted molar refractivity (Wildman–Crippen MR) is 106 cm³/mol. The van der Waals surface area contributed by atoms with Gasteiger partial charge in [0, 0.05) is 14.8 Å². The molecule has 0 radical (unpaired) electrons. The van der Waals surface area contributed by atoms with Crippen molar-refractivity contribution in [3.05, 3.63) is 50.6 Å². The fraction of sp³-hybridized carbons (Fsp3) is 0.176. The number of ether oxygens (including phenoxy) is 2. The Morgan fingerprint density at radius 3 is 2.60 bits per heavy atom. The van der Waals surface area contributed by atoms with Gasteiger partial charge in [0.1, 0.15) is 0 Å². The lowest BCUT2D eigenvalue weighted by molar-refractivity contribution is -0.120. The Labute approximate surface area is 164 Å². The van der Waals surface area contributed by atoms with Gasteiger partial charge in [0.2, 0.25) is 0 Å². The lowest BCUT2D eigenvalue weighted by Gasteiger charge is -2.09. The highest BCUT2D eigenvalue weighted by molar-refractivity contribution is 14.1. The van der Waals surface area contributed by atoms with E-state index in [0.717, 1.165) is 3.57 Å². The summed E-state index contributed by atoms with van der Waals surface area (Å²) >= 11 is 8.30. The Hall–Kier alpha value is -2.00. The van der Waals surface area contributed by atoms with Crippen LogP contribution in [-0.4, -0.2) is 32.9 Å². The maximum absolute atomic E-state index is 11.8. The molecule has 0 fully saturated rings. The predicted octanol–water partition coefficient (Wildman–Crippen LogP) is 3.95.